The SMILES string of the molecule is Nc1ccc(C2CCCNC2)c2nc(Nc3cccnc3)nn12. The van der Waals surface area contributed by atoms with Gasteiger partial charge in [-0.05, 0) is 37.6 Å². The van der Waals surface area contributed by atoms with Crippen LogP contribution in [0.25, 0.3) is 5.65 Å². The van der Waals surface area contributed by atoms with E-state index in [1.54, 1.807) is 16.9 Å². The second kappa shape index (κ2) is 5.85. The molecule has 1 saturated heterocycles. The summed E-state index contributed by atoms with van der Waals surface area (Å²) in [5, 5.41) is 11.1. The van der Waals surface area contributed by atoms with Crippen LogP contribution >= 0.6 is 0 Å². The highest BCUT2D eigenvalue weighted by atomic mass is 15.4. The van der Waals surface area contributed by atoms with Crippen LogP contribution in [0.4, 0.5) is 17.5 Å². The van der Waals surface area contributed by atoms with E-state index in [-0.39, 0.29) is 0 Å². The number of hydrogen-bond donors (Lipinski definition) is 3. The molecule has 1 unspecified atom stereocenters. The standard InChI is InChI=1S/C16H19N7/c17-14-6-5-13(11-3-1-7-18-9-11)15-21-16(22-23(14)15)20-12-4-2-8-19-10-12/h2,4-6,8,10-11,18H,1,3,7,9,17H2,(H,20,22). The highest BCUT2D eigenvalue weighted by Crippen LogP contribution is 2.28. The summed E-state index contributed by atoms with van der Waals surface area (Å²) >= 11 is 0. The van der Waals surface area contributed by atoms with Gasteiger partial charge in [0, 0.05) is 24.2 Å². The quantitative estimate of drug-likeness (QED) is 0.684. The molecule has 0 spiro atoms. The molecule has 4 N–H and O–H groups in total. The van der Waals surface area contributed by atoms with Crippen LogP contribution in [0.3, 0.4) is 0 Å². The molecule has 1 aliphatic heterocycles. The molecule has 0 saturated carbocycles. The Kier molecular flexibility index (Phi) is 3.55. The Hall–Kier alpha value is -2.67. The molecule has 0 radical (unpaired) electrons. The topological polar surface area (TPSA) is 93.2 Å². The number of aromatic nitrogens is 4. The minimum absolute atomic E-state index is 0.447. The van der Waals surface area contributed by atoms with Crippen LogP contribution in [-0.2, 0) is 0 Å². The lowest BCUT2D eigenvalue weighted by Crippen LogP contribution is -2.28. The Bertz CT molecular complexity index is 806. The first-order chi connectivity index (χ1) is 11.3. The first kappa shape index (κ1) is 14.0. The molecular weight excluding hydrogens is 290 g/mol. The number of fused-ring (bicyclic) bond motifs is 1. The summed E-state index contributed by atoms with van der Waals surface area (Å²) in [7, 11) is 0. The molecule has 3 aromatic heterocycles. The van der Waals surface area contributed by atoms with E-state index in [2.05, 4.69) is 31.8 Å². The van der Waals surface area contributed by atoms with Crippen molar-refractivity contribution in [3.8, 4) is 0 Å². The van der Waals surface area contributed by atoms with Crippen molar-refractivity contribution in [2.45, 2.75) is 18.8 Å². The van der Waals surface area contributed by atoms with Crippen molar-refractivity contribution in [1.29, 1.82) is 0 Å². The van der Waals surface area contributed by atoms with Crippen molar-refractivity contribution in [3.05, 3.63) is 42.2 Å². The van der Waals surface area contributed by atoms with Crippen molar-refractivity contribution in [1.82, 2.24) is 24.9 Å². The summed E-state index contributed by atoms with van der Waals surface area (Å²) in [5.74, 6) is 1.56. The van der Waals surface area contributed by atoms with Gasteiger partial charge >= 0.3 is 0 Å². The highest BCUT2D eigenvalue weighted by molar-refractivity contribution is 5.60. The molecule has 7 nitrogen and oxygen atoms in total. The van der Waals surface area contributed by atoms with E-state index in [1.807, 2.05) is 18.2 Å². The van der Waals surface area contributed by atoms with Crippen LogP contribution in [0.1, 0.15) is 24.3 Å². The van der Waals surface area contributed by atoms with Gasteiger partial charge in [0.1, 0.15) is 5.82 Å². The lowest BCUT2D eigenvalue weighted by atomic mass is 9.92. The van der Waals surface area contributed by atoms with Crippen molar-refractivity contribution < 1.29 is 0 Å². The first-order valence-electron chi connectivity index (χ1n) is 7.84. The van der Waals surface area contributed by atoms with Gasteiger partial charge in [-0.25, -0.2) is 0 Å². The maximum absolute atomic E-state index is 6.07. The van der Waals surface area contributed by atoms with Crippen LogP contribution < -0.4 is 16.4 Å². The summed E-state index contributed by atoms with van der Waals surface area (Å²) in [5.41, 5.74) is 8.93. The summed E-state index contributed by atoms with van der Waals surface area (Å²) in [6, 6.07) is 7.77. The predicted octanol–water partition coefficient (Wildman–Crippen LogP) is 1.92. The first-order valence-corrected chi connectivity index (χ1v) is 7.84. The van der Waals surface area contributed by atoms with E-state index in [0.29, 0.717) is 17.7 Å². The zero-order chi connectivity index (χ0) is 15.6. The largest absolute Gasteiger partial charge is 0.384 e. The lowest BCUT2D eigenvalue weighted by Gasteiger charge is -2.23. The average molecular weight is 309 g/mol. The fourth-order valence-electron chi connectivity index (χ4n) is 3.05. The second-order valence-electron chi connectivity index (χ2n) is 5.79. The zero-order valence-electron chi connectivity index (χ0n) is 12.7. The third-order valence-electron chi connectivity index (χ3n) is 4.20. The highest BCUT2D eigenvalue weighted by Gasteiger charge is 2.20. The maximum Gasteiger partial charge on any atom is 0.247 e. The molecule has 3 aromatic rings. The molecule has 4 heterocycles. The van der Waals surface area contributed by atoms with Gasteiger partial charge in [-0.3, -0.25) is 4.98 Å². The van der Waals surface area contributed by atoms with Crippen molar-refractivity contribution >= 4 is 23.1 Å². The fourth-order valence-corrected chi connectivity index (χ4v) is 3.05. The second-order valence-corrected chi connectivity index (χ2v) is 5.79. The Balaban J connectivity index is 1.73. The summed E-state index contributed by atoms with van der Waals surface area (Å²) < 4.78 is 1.71. The minimum atomic E-state index is 0.447. The lowest BCUT2D eigenvalue weighted by molar-refractivity contribution is 0.462. The molecule has 23 heavy (non-hydrogen) atoms. The number of nitrogen functional groups attached to an aromatic ring is 1. The molecule has 1 atom stereocenters. The molecule has 1 fully saturated rings. The van der Waals surface area contributed by atoms with Crippen LogP contribution in [0.2, 0.25) is 0 Å². The van der Waals surface area contributed by atoms with Gasteiger partial charge in [0.25, 0.3) is 0 Å². The van der Waals surface area contributed by atoms with Crippen LogP contribution in [-0.4, -0.2) is 32.7 Å². The molecule has 4 rings (SSSR count). The number of rotatable bonds is 3. The van der Waals surface area contributed by atoms with Crippen molar-refractivity contribution in [2.75, 3.05) is 24.1 Å². The summed E-state index contributed by atoms with van der Waals surface area (Å²) in [6.07, 6.45) is 5.80. The number of hydrogen-bond acceptors (Lipinski definition) is 6. The predicted molar refractivity (Wildman–Crippen MR) is 89.8 cm³/mol. The van der Waals surface area contributed by atoms with E-state index in [0.717, 1.165) is 30.8 Å². The Labute approximate surface area is 133 Å². The Morgan fingerprint density at radius 1 is 1.30 bits per heavy atom. The van der Waals surface area contributed by atoms with Gasteiger partial charge < -0.3 is 16.4 Å². The molecule has 0 aromatic carbocycles. The molecule has 118 valence electrons. The van der Waals surface area contributed by atoms with Crippen molar-refractivity contribution in [2.24, 2.45) is 0 Å². The third kappa shape index (κ3) is 2.70. The Morgan fingerprint density at radius 2 is 2.26 bits per heavy atom. The van der Waals surface area contributed by atoms with Gasteiger partial charge in [0.05, 0.1) is 11.9 Å². The van der Waals surface area contributed by atoms with Crippen molar-refractivity contribution in [3.63, 3.8) is 0 Å². The van der Waals surface area contributed by atoms with Gasteiger partial charge in [-0.2, -0.15) is 9.50 Å². The monoisotopic (exact) mass is 309 g/mol. The van der Waals surface area contributed by atoms with Crippen LogP contribution in [0.5, 0.6) is 0 Å². The number of nitrogens with zero attached hydrogens (tertiary/aromatic N) is 4. The number of pyridine rings is 2. The van der Waals surface area contributed by atoms with Gasteiger partial charge in [0.2, 0.25) is 5.95 Å². The van der Waals surface area contributed by atoms with E-state index < -0.39 is 0 Å². The normalized spacial score (nSPS) is 18.2. The van der Waals surface area contributed by atoms with Gasteiger partial charge in [-0.1, -0.05) is 6.07 Å². The minimum Gasteiger partial charge on any atom is -0.384 e. The molecular formula is C16H19N7. The number of anilines is 3. The van der Waals surface area contributed by atoms with Gasteiger partial charge in [0.15, 0.2) is 5.65 Å². The zero-order valence-corrected chi connectivity index (χ0v) is 12.7. The fraction of sp³-hybridized carbons (Fsp3) is 0.312. The smallest absolute Gasteiger partial charge is 0.247 e. The van der Waals surface area contributed by atoms with Gasteiger partial charge in [-0.15, -0.1) is 5.10 Å². The third-order valence-corrected chi connectivity index (χ3v) is 4.20. The van der Waals surface area contributed by atoms with E-state index >= 15 is 0 Å². The molecule has 7 heteroatoms. The summed E-state index contributed by atoms with van der Waals surface area (Å²) in [6.45, 7) is 2.06. The average Bonchev–Trinajstić information content (AvgIpc) is 3.01. The molecule has 0 amide bonds. The number of nitrogens with one attached hydrogen (secondary N) is 2. The molecule has 0 aliphatic carbocycles. The van der Waals surface area contributed by atoms with Crippen LogP contribution in [0.15, 0.2) is 36.7 Å². The summed E-state index contributed by atoms with van der Waals surface area (Å²) in [4.78, 5) is 8.73. The molecule has 0 bridgehead atoms. The Morgan fingerprint density at radius 3 is 3.04 bits per heavy atom. The number of piperidine rings is 1. The van der Waals surface area contributed by atoms with E-state index in [9.17, 15) is 0 Å². The van der Waals surface area contributed by atoms with Crippen LogP contribution in [0, 0.1) is 0 Å². The molecule has 1 aliphatic rings. The van der Waals surface area contributed by atoms with E-state index in [4.69, 9.17) is 5.73 Å². The number of nitrogens with two attached hydrogens (primary N) is 1. The van der Waals surface area contributed by atoms with E-state index in [1.165, 1.54) is 12.0 Å². The maximum atomic E-state index is 6.07.